The summed E-state index contributed by atoms with van der Waals surface area (Å²) in [7, 11) is -0.576. The van der Waals surface area contributed by atoms with Crippen molar-refractivity contribution in [3.63, 3.8) is 0 Å². The van der Waals surface area contributed by atoms with E-state index in [4.69, 9.17) is 11.5 Å². The highest BCUT2D eigenvalue weighted by Crippen LogP contribution is 2.27. The largest absolute Gasteiger partial charge is 0.398 e. The number of nitrogen functional groups attached to an aromatic ring is 2. The lowest BCUT2D eigenvalue weighted by Gasteiger charge is -2.15. The molecule has 84 valence electrons. The smallest absolute Gasteiger partial charge is 0.244 e. The second-order valence-electron chi connectivity index (χ2n) is 3.48. The van der Waals surface area contributed by atoms with Crippen LogP contribution in [0.4, 0.5) is 11.4 Å². The molecule has 0 aromatic heterocycles. The summed E-state index contributed by atoms with van der Waals surface area (Å²) < 4.78 is 24.8. The minimum atomic E-state index is -3.49. The second kappa shape index (κ2) is 3.71. The van der Waals surface area contributed by atoms with E-state index >= 15 is 0 Å². The minimum absolute atomic E-state index is 0.0965. The first-order valence-corrected chi connectivity index (χ1v) is 5.79. The van der Waals surface area contributed by atoms with E-state index in [0.29, 0.717) is 11.3 Å². The van der Waals surface area contributed by atoms with Crippen LogP contribution in [0.3, 0.4) is 0 Å². The molecule has 0 atom stereocenters. The third-order valence-corrected chi connectivity index (χ3v) is 4.15. The van der Waals surface area contributed by atoms with Gasteiger partial charge in [-0.3, -0.25) is 0 Å². The van der Waals surface area contributed by atoms with Gasteiger partial charge in [-0.05, 0) is 24.6 Å². The van der Waals surface area contributed by atoms with Crippen LogP contribution in [0.2, 0.25) is 0 Å². The number of sulfonamides is 1. The molecule has 1 rings (SSSR count). The van der Waals surface area contributed by atoms with Crippen molar-refractivity contribution in [3.05, 3.63) is 17.7 Å². The van der Waals surface area contributed by atoms with Crippen LogP contribution in [0.5, 0.6) is 0 Å². The van der Waals surface area contributed by atoms with Crippen molar-refractivity contribution in [3.8, 4) is 0 Å². The Bertz CT molecular complexity index is 480. The average Bonchev–Trinajstić information content (AvgIpc) is 2.13. The van der Waals surface area contributed by atoms with E-state index in [1.165, 1.54) is 20.2 Å². The zero-order chi connectivity index (χ0) is 11.8. The molecule has 5 nitrogen and oxygen atoms in total. The number of rotatable bonds is 2. The lowest BCUT2D eigenvalue weighted by atomic mass is 10.2. The van der Waals surface area contributed by atoms with Crippen molar-refractivity contribution < 1.29 is 8.42 Å². The van der Waals surface area contributed by atoms with Crippen LogP contribution >= 0.6 is 0 Å². The molecule has 0 aliphatic rings. The summed E-state index contributed by atoms with van der Waals surface area (Å²) in [5.74, 6) is 0. The molecule has 0 aliphatic heterocycles. The number of hydrogen-bond donors (Lipinski definition) is 2. The fraction of sp³-hybridized carbons (Fsp3) is 0.333. The van der Waals surface area contributed by atoms with Gasteiger partial charge in [0.05, 0.1) is 5.69 Å². The molecule has 1 aromatic rings. The summed E-state index contributed by atoms with van der Waals surface area (Å²) in [4.78, 5) is 0.0965. The van der Waals surface area contributed by atoms with Crippen LogP contribution in [0.15, 0.2) is 17.0 Å². The zero-order valence-corrected chi connectivity index (χ0v) is 9.80. The van der Waals surface area contributed by atoms with Crippen LogP contribution < -0.4 is 11.5 Å². The molecule has 0 spiro atoms. The molecule has 0 heterocycles. The average molecular weight is 229 g/mol. The SMILES string of the molecule is Cc1c(N)ccc(S(=O)(=O)N(C)C)c1N. The number of benzene rings is 1. The van der Waals surface area contributed by atoms with Crippen molar-refractivity contribution in [1.82, 2.24) is 4.31 Å². The lowest BCUT2D eigenvalue weighted by molar-refractivity contribution is 0.521. The first-order valence-electron chi connectivity index (χ1n) is 4.35. The molecule has 0 amide bonds. The Morgan fingerprint density at radius 1 is 1.20 bits per heavy atom. The number of nitrogens with zero attached hydrogens (tertiary/aromatic N) is 1. The second-order valence-corrected chi connectivity index (χ2v) is 5.60. The van der Waals surface area contributed by atoms with Gasteiger partial charge in [0.15, 0.2) is 0 Å². The van der Waals surface area contributed by atoms with Gasteiger partial charge in [-0.1, -0.05) is 0 Å². The van der Waals surface area contributed by atoms with Crippen LogP contribution in [0.1, 0.15) is 5.56 Å². The van der Waals surface area contributed by atoms with Crippen molar-refractivity contribution in [2.45, 2.75) is 11.8 Å². The molecule has 6 heteroatoms. The van der Waals surface area contributed by atoms with E-state index in [1.54, 1.807) is 13.0 Å². The third-order valence-electron chi connectivity index (χ3n) is 2.28. The van der Waals surface area contributed by atoms with E-state index in [0.717, 1.165) is 4.31 Å². The molecule has 15 heavy (non-hydrogen) atoms. The highest BCUT2D eigenvalue weighted by molar-refractivity contribution is 7.89. The van der Waals surface area contributed by atoms with Gasteiger partial charge in [0, 0.05) is 19.8 Å². The summed E-state index contributed by atoms with van der Waals surface area (Å²) in [6, 6.07) is 2.97. The number of nitrogens with two attached hydrogens (primary N) is 2. The zero-order valence-electron chi connectivity index (χ0n) is 8.98. The van der Waals surface area contributed by atoms with Gasteiger partial charge < -0.3 is 11.5 Å². The Labute approximate surface area is 89.7 Å². The minimum Gasteiger partial charge on any atom is -0.398 e. The molecular weight excluding hydrogens is 214 g/mol. The summed E-state index contributed by atoms with van der Waals surface area (Å²) in [5, 5.41) is 0. The molecule has 0 saturated carbocycles. The van der Waals surface area contributed by atoms with Crippen molar-refractivity contribution in [1.29, 1.82) is 0 Å². The van der Waals surface area contributed by atoms with Crippen LogP contribution in [0, 0.1) is 6.92 Å². The van der Waals surface area contributed by atoms with Crippen LogP contribution in [-0.4, -0.2) is 26.8 Å². The van der Waals surface area contributed by atoms with Gasteiger partial charge in [-0.15, -0.1) is 0 Å². The molecule has 4 N–H and O–H groups in total. The Kier molecular flexibility index (Phi) is 2.92. The van der Waals surface area contributed by atoms with Gasteiger partial charge in [-0.2, -0.15) is 0 Å². The molecule has 0 aliphatic carbocycles. The molecular formula is C9H15N3O2S. The molecule has 0 fully saturated rings. The van der Waals surface area contributed by atoms with Gasteiger partial charge in [0.2, 0.25) is 10.0 Å². The standard InChI is InChI=1S/C9H15N3O2S/c1-6-7(10)4-5-8(9(6)11)15(13,14)12(2)3/h4-5H,10-11H2,1-3H3. The Hall–Kier alpha value is -1.27. The maximum Gasteiger partial charge on any atom is 0.244 e. The van der Waals surface area contributed by atoms with Crippen LogP contribution in [0.25, 0.3) is 0 Å². The number of hydrogen-bond acceptors (Lipinski definition) is 4. The highest BCUT2D eigenvalue weighted by atomic mass is 32.2. The van der Waals surface area contributed by atoms with E-state index in [2.05, 4.69) is 0 Å². The monoisotopic (exact) mass is 229 g/mol. The van der Waals surface area contributed by atoms with Crippen molar-refractivity contribution in [2.75, 3.05) is 25.6 Å². The normalized spacial score (nSPS) is 12.0. The molecule has 0 radical (unpaired) electrons. The predicted molar refractivity (Wildman–Crippen MR) is 60.9 cm³/mol. The summed E-state index contributed by atoms with van der Waals surface area (Å²) in [6.45, 7) is 1.69. The number of anilines is 2. The summed E-state index contributed by atoms with van der Waals surface area (Å²) >= 11 is 0. The van der Waals surface area contributed by atoms with E-state index in [-0.39, 0.29) is 10.6 Å². The van der Waals surface area contributed by atoms with Crippen molar-refractivity contribution >= 4 is 21.4 Å². The Morgan fingerprint density at radius 2 is 1.73 bits per heavy atom. The maximum atomic E-state index is 11.8. The Balaban J connectivity index is 3.48. The summed E-state index contributed by atoms with van der Waals surface area (Å²) in [6.07, 6.45) is 0. The quantitative estimate of drug-likeness (QED) is 0.719. The molecule has 0 unspecified atom stereocenters. The first-order chi connectivity index (χ1) is 6.78. The fourth-order valence-corrected chi connectivity index (χ4v) is 2.21. The third kappa shape index (κ3) is 1.91. The topological polar surface area (TPSA) is 89.4 Å². The van der Waals surface area contributed by atoms with Gasteiger partial charge in [0.1, 0.15) is 4.90 Å². The molecule has 0 bridgehead atoms. The van der Waals surface area contributed by atoms with Crippen LogP contribution in [-0.2, 0) is 10.0 Å². The predicted octanol–water partition coefficient (Wildman–Crippen LogP) is 0.410. The van der Waals surface area contributed by atoms with Gasteiger partial charge in [0.25, 0.3) is 0 Å². The maximum absolute atomic E-state index is 11.8. The van der Waals surface area contributed by atoms with E-state index in [1.807, 2.05) is 0 Å². The van der Waals surface area contributed by atoms with E-state index in [9.17, 15) is 8.42 Å². The Morgan fingerprint density at radius 3 is 2.20 bits per heavy atom. The molecule has 0 saturated heterocycles. The highest BCUT2D eigenvalue weighted by Gasteiger charge is 2.21. The fourth-order valence-electron chi connectivity index (χ4n) is 1.14. The van der Waals surface area contributed by atoms with Crippen molar-refractivity contribution in [2.24, 2.45) is 0 Å². The molecule has 1 aromatic carbocycles. The summed E-state index contributed by atoms with van der Waals surface area (Å²) in [5.41, 5.74) is 12.6. The first kappa shape index (κ1) is 11.8. The van der Waals surface area contributed by atoms with Gasteiger partial charge >= 0.3 is 0 Å². The lowest BCUT2D eigenvalue weighted by Crippen LogP contribution is -2.23. The van der Waals surface area contributed by atoms with Gasteiger partial charge in [-0.25, -0.2) is 12.7 Å². The van der Waals surface area contributed by atoms with E-state index < -0.39 is 10.0 Å².